The normalized spacial score (nSPS) is 16.2. The van der Waals surface area contributed by atoms with Crippen molar-refractivity contribution in [3.05, 3.63) is 57.8 Å². The van der Waals surface area contributed by atoms with E-state index < -0.39 is 10.9 Å². The number of thioether (sulfide) groups is 1. The van der Waals surface area contributed by atoms with Crippen LogP contribution in [-0.2, 0) is 5.41 Å². The van der Waals surface area contributed by atoms with E-state index in [4.69, 9.17) is 0 Å². The quantitative estimate of drug-likeness (QED) is 0.616. The average Bonchev–Trinajstić information content (AvgIpc) is 2.49. The van der Waals surface area contributed by atoms with Gasteiger partial charge >= 0.3 is 5.51 Å². The SMILES string of the molecule is Cc1nc(C(=O)CC2(c3ccc(SC(F)(F)F)cc3)CCC2)cc(=O)[nH]1. The first-order valence-electron chi connectivity index (χ1n) is 8.14. The molecular formula is C18H17F3N2O2S. The van der Waals surface area contributed by atoms with Crippen molar-refractivity contribution >= 4 is 17.5 Å². The highest BCUT2D eigenvalue weighted by molar-refractivity contribution is 8.00. The van der Waals surface area contributed by atoms with Crippen molar-refractivity contribution in [1.29, 1.82) is 0 Å². The molecule has 1 heterocycles. The van der Waals surface area contributed by atoms with Gasteiger partial charge in [-0.25, -0.2) is 4.98 Å². The zero-order chi connectivity index (χ0) is 18.9. The molecule has 3 rings (SSSR count). The van der Waals surface area contributed by atoms with Gasteiger partial charge in [0.15, 0.2) is 5.78 Å². The van der Waals surface area contributed by atoms with Gasteiger partial charge in [-0.05, 0) is 49.2 Å². The number of halogens is 3. The molecule has 1 saturated carbocycles. The van der Waals surface area contributed by atoms with E-state index in [9.17, 15) is 22.8 Å². The summed E-state index contributed by atoms with van der Waals surface area (Å²) in [6.07, 6.45) is 2.71. The number of aryl methyl sites for hydroxylation is 1. The predicted molar refractivity (Wildman–Crippen MR) is 92.4 cm³/mol. The van der Waals surface area contributed by atoms with Gasteiger partial charge in [-0.15, -0.1) is 0 Å². The minimum absolute atomic E-state index is 0.119. The first kappa shape index (κ1) is 18.7. The Morgan fingerprint density at radius 3 is 2.42 bits per heavy atom. The lowest BCUT2D eigenvalue weighted by atomic mass is 9.62. The molecule has 1 aromatic carbocycles. The van der Waals surface area contributed by atoms with Crippen LogP contribution in [0.15, 0.2) is 40.0 Å². The Hall–Kier alpha value is -2.09. The van der Waals surface area contributed by atoms with Gasteiger partial charge in [0.2, 0.25) is 0 Å². The van der Waals surface area contributed by atoms with Crippen LogP contribution < -0.4 is 5.56 Å². The lowest BCUT2D eigenvalue weighted by molar-refractivity contribution is -0.0328. The van der Waals surface area contributed by atoms with E-state index in [0.29, 0.717) is 5.82 Å². The Morgan fingerprint density at radius 2 is 1.92 bits per heavy atom. The highest BCUT2D eigenvalue weighted by Gasteiger charge is 2.41. The minimum atomic E-state index is -4.32. The molecule has 1 aliphatic rings. The summed E-state index contributed by atoms with van der Waals surface area (Å²) in [6.45, 7) is 1.61. The minimum Gasteiger partial charge on any atom is -0.311 e. The van der Waals surface area contributed by atoms with Crippen molar-refractivity contribution < 1.29 is 18.0 Å². The summed E-state index contributed by atoms with van der Waals surface area (Å²) in [5.74, 6) is 0.143. The van der Waals surface area contributed by atoms with Crippen molar-refractivity contribution in [2.75, 3.05) is 0 Å². The molecule has 138 valence electrons. The fourth-order valence-electron chi connectivity index (χ4n) is 3.30. The predicted octanol–water partition coefficient (Wildman–Crippen LogP) is 4.38. The van der Waals surface area contributed by atoms with Gasteiger partial charge < -0.3 is 4.98 Å². The van der Waals surface area contributed by atoms with E-state index in [1.165, 1.54) is 18.2 Å². The molecule has 0 amide bonds. The van der Waals surface area contributed by atoms with Gasteiger partial charge in [0.05, 0.1) is 0 Å². The summed E-state index contributed by atoms with van der Waals surface area (Å²) >= 11 is -0.155. The number of benzene rings is 1. The third-order valence-corrected chi connectivity index (χ3v) is 5.39. The van der Waals surface area contributed by atoms with E-state index in [2.05, 4.69) is 9.97 Å². The fraction of sp³-hybridized carbons (Fsp3) is 0.389. The van der Waals surface area contributed by atoms with Crippen LogP contribution >= 0.6 is 11.8 Å². The summed E-state index contributed by atoms with van der Waals surface area (Å²) in [4.78, 5) is 30.9. The smallest absolute Gasteiger partial charge is 0.311 e. The molecule has 8 heteroatoms. The second-order valence-electron chi connectivity index (χ2n) is 6.52. The van der Waals surface area contributed by atoms with Gasteiger partial charge in [-0.1, -0.05) is 18.6 Å². The molecule has 0 bridgehead atoms. The molecule has 0 spiro atoms. The Balaban J connectivity index is 1.80. The zero-order valence-corrected chi connectivity index (χ0v) is 14.8. The molecule has 1 aromatic heterocycles. The number of carbonyl (C=O) groups is 1. The van der Waals surface area contributed by atoms with Crippen molar-refractivity contribution in [3.63, 3.8) is 0 Å². The van der Waals surface area contributed by atoms with Crippen LogP contribution in [0.4, 0.5) is 13.2 Å². The number of rotatable bonds is 5. The van der Waals surface area contributed by atoms with E-state index in [-0.39, 0.29) is 40.1 Å². The number of Topliss-reactive ketones (excluding diaryl/α,β-unsaturated/α-hetero) is 1. The lowest BCUT2D eigenvalue weighted by Gasteiger charge is -2.42. The van der Waals surface area contributed by atoms with Crippen LogP contribution in [0, 0.1) is 6.92 Å². The van der Waals surface area contributed by atoms with Crippen molar-refractivity contribution in [2.24, 2.45) is 0 Å². The highest BCUT2D eigenvalue weighted by Crippen LogP contribution is 2.47. The third-order valence-electron chi connectivity index (χ3n) is 4.66. The molecule has 1 fully saturated rings. The highest BCUT2D eigenvalue weighted by atomic mass is 32.2. The zero-order valence-electron chi connectivity index (χ0n) is 14.0. The number of hydrogen-bond donors (Lipinski definition) is 1. The number of alkyl halides is 3. The first-order chi connectivity index (χ1) is 12.2. The molecule has 26 heavy (non-hydrogen) atoms. The van der Waals surface area contributed by atoms with Gasteiger partial charge in [0, 0.05) is 22.8 Å². The maximum absolute atomic E-state index is 12.6. The fourth-order valence-corrected chi connectivity index (χ4v) is 3.84. The number of ketones is 1. The van der Waals surface area contributed by atoms with Crippen molar-refractivity contribution in [1.82, 2.24) is 9.97 Å². The third kappa shape index (κ3) is 4.17. The Bertz CT molecular complexity index is 871. The maximum atomic E-state index is 12.6. The second kappa shape index (κ2) is 6.90. The monoisotopic (exact) mass is 382 g/mol. The lowest BCUT2D eigenvalue weighted by Crippen LogP contribution is -2.37. The number of nitrogens with one attached hydrogen (secondary N) is 1. The molecule has 0 aliphatic heterocycles. The van der Waals surface area contributed by atoms with Crippen LogP contribution in [0.1, 0.15) is 47.6 Å². The van der Waals surface area contributed by atoms with Gasteiger partial charge in [-0.3, -0.25) is 9.59 Å². The Morgan fingerprint density at radius 1 is 1.27 bits per heavy atom. The number of hydrogen-bond acceptors (Lipinski definition) is 4. The molecule has 1 aliphatic carbocycles. The molecular weight excluding hydrogens is 365 g/mol. The number of nitrogens with zero attached hydrogens (tertiary/aromatic N) is 1. The van der Waals surface area contributed by atoms with E-state index >= 15 is 0 Å². The van der Waals surface area contributed by atoms with E-state index in [1.807, 2.05) is 0 Å². The summed E-state index contributed by atoms with van der Waals surface area (Å²) < 4.78 is 37.4. The van der Waals surface area contributed by atoms with E-state index in [1.54, 1.807) is 19.1 Å². The number of H-pyrrole nitrogens is 1. The van der Waals surface area contributed by atoms with Gasteiger partial charge in [0.1, 0.15) is 11.5 Å². The Kier molecular flexibility index (Phi) is 4.96. The van der Waals surface area contributed by atoms with Crippen molar-refractivity contribution in [2.45, 2.75) is 48.4 Å². The summed E-state index contributed by atoms with van der Waals surface area (Å²) in [7, 11) is 0. The van der Waals surface area contributed by atoms with Crippen LogP contribution in [-0.4, -0.2) is 21.3 Å². The summed E-state index contributed by atoms with van der Waals surface area (Å²) in [6, 6.07) is 7.39. The first-order valence-corrected chi connectivity index (χ1v) is 8.96. The average molecular weight is 382 g/mol. The van der Waals surface area contributed by atoms with Gasteiger partial charge in [-0.2, -0.15) is 13.2 Å². The summed E-state index contributed by atoms with van der Waals surface area (Å²) in [5.41, 5.74) is -4.12. The number of aromatic amines is 1. The Labute approximate surface area is 152 Å². The van der Waals surface area contributed by atoms with Crippen molar-refractivity contribution in [3.8, 4) is 0 Å². The van der Waals surface area contributed by atoms with Crippen LogP contribution in [0.25, 0.3) is 0 Å². The topological polar surface area (TPSA) is 62.8 Å². The number of carbonyl (C=O) groups excluding carboxylic acids is 1. The molecule has 0 unspecified atom stereocenters. The standard InChI is InChI=1S/C18H17F3N2O2S/c1-11-22-14(9-16(25)23-11)15(24)10-17(7-2-8-17)12-3-5-13(6-4-12)26-18(19,20)21/h3-6,9H,2,7-8,10H2,1H3,(H,22,23,25). The van der Waals surface area contributed by atoms with Crippen LogP contribution in [0.5, 0.6) is 0 Å². The molecule has 0 saturated heterocycles. The van der Waals surface area contributed by atoms with Gasteiger partial charge in [0.25, 0.3) is 5.56 Å². The maximum Gasteiger partial charge on any atom is 0.446 e. The molecule has 1 N–H and O–H groups in total. The number of aromatic nitrogens is 2. The largest absolute Gasteiger partial charge is 0.446 e. The molecule has 4 nitrogen and oxygen atoms in total. The van der Waals surface area contributed by atoms with E-state index in [0.717, 1.165) is 24.8 Å². The van der Waals surface area contributed by atoms with Crippen LogP contribution in [0.2, 0.25) is 0 Å². The summed E-state index contributed by atoms with van der Waals surface area (Å²) in [5, 5.41) is 0. The molecule has 0 atom stereocenters. The molecule has 2 aromatic rings. The second-order valence-corrected chi connectivity index (χ2v) is 7.66. The van der Waals surface area contributed by atoms with Crippen LogP contribution in [0.3, 0.4) is 0 Å². The molecule has 0 radical (unpaired) electrons.